The van der Waals surface area contributed by atoms with Gasteiger partial charge in [-0.25, -0.2) is 0 Å². The van der Waals surface area contributed by atoms with Crippen LogP contribution < -0.4 is 4.74 Å². The fourth-order valence-corrected chi connectivity index (χ4v) is 1.70. The van der Waals surface area contributed by atoms with Crippen molar-refractivity contribution in [2.75, 3.05) is 7.11 Å². The smallest absolute Gasteiger partial charge is 0.118 e. The lowest BCUT2D eigenvalue weighted by atomic mass is 9.94. The molecule has 1 aromatic rings. The van der Waals surface area contributed by atoms with Crippen LogP contribution >= 0.6 is 0 Å². The molecule has 0 amide bonds. The molecule has 0 aromatic heterocycles. The largest absolute Gasteiger partial charge is 0.497 e. The van der Waals surface area contributed by atoms with Crippen LogP contribution in [-0.4, -0.2) is 7.11 Å². The van der Waals surface area contributed by atoms with Gasteiger partial charge >= 0.3 is 0 Å². The van der Waals surface area contributed by atoms with Crippen LogP contribution in [0.2, 0.25) is 0 Å². The van der Waals surface area contributed by atoms with Crippen LogP contribution in [0.15, 0.2) is 35.9 Å². The first-order chi connectivity index (χ1) is 7.17. The van der Waals surface area contributed by atoms with Crippen molar-refractivity contribution in [3.8, 4) is 5.75 Å². The quantitative estimate of drug-likeness (QED) is 0.669. The average molecular weight is 204 g/mol. The maximum absolute atomic E-state index is 5.15. The highest BCUT2D eigenvalue weighted by atomic mass is 16.5. The molecule has 0 spiro atoms. The molecule has 1 nitrogen and oxygen atoms in total. The molecule has 0 bridgehead atoms. The van der Waals surface area contributed by atoms with E-state index >= 15 is 0 Å². The van der Waals surface area contributed by atoms with Gasteiger partial charge in [0.2, 0.25) is 0 Å². The van der Waals surface area contributed by atoms with E-state index < -0.39 is 0 Å². The Balaban J connectivity index is 2.88. The molecule has 0 aliphatic rings. The van der Waals surface area contributed by atoms with E-state index in [0.29, 0.717) is 5.92 Å². The Labute approximate surface area is 92.8 Å². The second-order valence-corrected chi connectivity index (χ2v) is 4.03. The monoisotopic (exact) mass is 204 g/mol. The number of allylic oxidation sites excluding steroid dienone is 2. The minimum atomic E-state index is 0.529. The van der Waals surface area contributed by atoms with Gasteiger partial charge in [0, 0.05) is 5.92 Å². The number of methoxy groups -OCH3 is 1. The van der Waals surface area contributed by atoms with E-state index in [1.807, 2.05) is 12.1 Å². The second-order valence-electron chi connectivity index (χ2n) is 4.03. The Hall–Kier alpha value is -1.24. The van der Waals surface area contributed by atoms with Crippen molar-refractivity contribution < 1.29 is 4.74 Å². The van der Waals surface area contributed by atoms with Crippen molar-refractivity contribution in [2.24, 2.45) is 0 Å². The molecule has 0 saturated heterocycles. The molecule has 0 aliphatic heterocycles. The summed E-state index contributed by atoms with van der Waals surface area (Å²) in [6, 6.07) is 8.34. The molecule has 0 fully saturated rings. The van der Waals surface area contributed by atoms with E-state index in [4.69, 9.17) is 4.74 Å². The van der Waals surface area contributed by atoms with Gasteiger partial charge in [0.25, 0.3) is 0 Å². The molecule has 1 aromatic carbocycles. The molecule has 1 rings (SSSR count). The van der Waals surface area contributed by atoms with Gasteiger partial charge in [-0.05, 0) is 38.0 Å². The SMILES string of the molecule is CCC(C=C(C)C)c1ccc(OC)cc1. The molecule has 0 saturated carbocycles. The summed E-state index contributed by atoms with van der Waals surface area (Å²) in [5.74, 6) is 1.45. The third-order valence-electron chi connectivity index (χ3n) is 2.52. The van der Waals surface area contributed by atoms with Crippen molar-refractivity contribution in [1.82, 2.24) is 0 Å². The van der Waals surface area contributed by atoms with Crippen molar-refractivity contribution in [3.63, 3.8) is 0 Å². The van der Waals surface area contributed by atoms with Crippen molar-refractivity contribution in [2.45, 2.75) is 33.1 Å². The van der Waals surface area contributed by atoms with E-state index in [9.17, 15) is 0 Å². The number of hydrogen-bond acceptors (Lipinski definition) is 1. The highest BCUT2D eigenvalue weighted by molar-refractivity contribution is 5.31. The molecule has 0 heterocycles. The average Bonchev–Trinajstić information content (AvgIpc) is 2.26. The minimum Gasteiger partial charge on any atom is -0.497 e. The Morgan fingerprint density at radius 2 is 1.87 bits per heavy atom. The molecule has 1 atom stereocenters. The van der Waals surface area contributed by atoms with Crippen LogP contribution in [-0.2, 0) is 0 Å². The zero-order valence-electron chi connectivity index (χ0n) is 10.1. The number of hydrogen-bond donors (Lipinski definition) is 0. The molecule has 0 radical (unpaired) electrons. The van der Waals surface area contributed by atoms with Gasteiger partial charge in [-0.3, -0.25) is 0 Å². The van der Waals surface area contributed by atoms with Gasteiger partial charge < -0.3 is 4.74 Å². The summed E-state index contributed by atoms with van der Waals surface area (Å²) < 4.78 is 5.15. The predicted octanol–water partition coefficient (Wildman–Crippen LogP) is 4.16. The van der Waals surface area contributed by atoms with E-state index in [2.05, 4.69) is 39.0 Å². The lowest BCUT2D eigenvalue weighted by molar-refractivity contribution is 0.414. The lowest BCUT2D eigenvalue weighted by Gasteiger charge is -2.12. The summed E-state index contributed by atoms with van der Waals surface area (Å²) in [7, 11) is 1.70. The van der Waals surface area contributed by atoms with Gasteiger partial charge in [-0.1, -0.05) is 30.7 Å². The van der Waals surface area contributed by atoms with Crippen LogP contribution in [0.4, 0.5) is 0 Å². The maximum atomic E-state index is 5.15. The third kappa shape index (κ3) is 3.43. The van der Waals surface area contributed by atoms with Crippen LogP contribution in [0, 0.1) is 0 Å². The van der Waals surface area contributed by atoms with Crippen molar-refractivity contribution in [1.29, 1.82) is 0 Å². The first-order valence-corrected chi connectivity index (χ1v) is 5.46. The lowest BCUT2D eigenvalue weighted by Crippen LogP contribution is -1.94. The molecular weight excluding hydrogens is 184 g/mol. The number of benzene rings is 1. The Bertz CT molecular complexity index is 318. The van der Waals surface area contributed by atoms with Crippen LogP contribution in [0.3, 0.4) is 0 Å². The first kappa shape index (κ1) is 11.8. The van der Waals surface area contributed by atoms with Crippen LogP contribution in [0.5, 0.6) is 5.75 Å². The summed E-state index contributed by atoms with van der Waals surface area (Å²) in [5.41, 5.74) is 2.73. The van der Waals surface area contributed by atoms with E-state index in [1.165, 1.54) is 11.1 Å². The molecule has 82 valence electrons. The Morgan fingerprint density at radius 1 is 1.27 bits per heavy atom. The topological polar surface area (TPSA) is 9.23 Å². The van der Waals surface area contributed by atoms with Crippen LogP contribution in [0.1, 0.15) is 38.7 Å². The van der Waals surface area contributed by atoms with Gasteiger partial charge in [-0.2, -0.15) is 0 Å². The zero-order chi connectivity index (χ0) is 11.3. The summed E-state index contributed by atoms with van der Waals surface area (Å²) in [6.07, 6.45) is 3.46. The maximum Gasteiger partial charge on any atom is 0.118 e. The second kappa shape index (κ2) is 5.59. The molecular formula is C14H20O. The normalized spacial score (nSPS) is 12.0. The van der Waals surface area contributed by atoms with Gasteiger partial charge in [0.1, 0.15) is 5.75 Å². The third-order valence-corrected chi connectivity index (χ3v) is 2.52. The Morgan fingerprint density at radius 3 is 2.27 bits per heavy atom. The number of ether oxygens (including phenoxy) is 1. The molecule has 15 heavy (non-hydrogen) atoms. The molecule has 1 unspecified atom stereocenters. The standard InChI is InChI=1S/C14H20O/c1-5-12(10-11(2)3)13-6-8-14(15-4)9-7-13/h6-10,12H,5H2,1-4H3. The van der Waals surface area contributed by atoms with E-state index in [0.717, 1.165) is 12.2 Å². The predicted molar refractivity (Wildman–Crippen MR) is 65.5 cm³/mol. The van der Waals surface area contributed by atoms with Crippen molar-refractivity contribution >= 4 is 0 Å². The van der Waals surface area contributed by atoms with Crippen LogP contribution in [0.25, 0.3) is 0 Å². The van der Waals surface area contributed by atoms with Gasteiger partial charge in [0.15, 0.2) is 0 Å². The summed E-state index contributed by atoms with van der Waals surface area (Å²) in [6.45, 7) is 6.51. The van der Waals surface area contributed by atoms with Gasteiger partial charge in [0.05, 0.1) is 7.11 Å². The molecule has 1 heteroatoms. The fourth-order valence-electron chi connectivity index (χ4n) is 1.70. The highest BCUT2D eigenvalue weighted by Crippen LogP contribution is 2.24. The fraction of sp³-hybridized carbons (Fsp3) is 0.429. The zero-order valence-corrected chi connectivity index (χ0v) is 10.1. The number of rotatable bonds is 4. The minimum absolute atomic E-state index is 0.529. The molecule has 0 N–H and O–H groups in total. The Kier molecular flexibility index (Phi) is 4.41. The highest BCUT2D eigenvalue weighted by Gasteiger charge is 2.05. The van der Waals surface area contributed by atoms with E-state index in [-0.39, 0.29) is 0 Å². The summed E-state index contributed by atoms with van der Waals surface area (Å²) in [4.78, 5) is 0. The first-order valence-electron chi connectivity index (χ1n) is 5.46. The molecule has 0 aliphatic carbocycles. The van der Waals surface area contributed by atoms with Gasteiger partial charge in [-0.15, -0.1) is 0 Å². The summed E-state index contributed by atoms with van der Waals surface area (Å²) in [5, 5.41) is 0. The summed E-state index contributed by atoms with van der Waals surface area (Å²) >= 11 is 0. The van der Waals surface area contributed by atoms with Crippen molar-refractivity contribution in [3.05, 3.63) is 41.5 Å². The van der Waals surface area contributed by atoms with E-state index in [1.54, 1.807) is 7.11 Å².